The van der Waals surface area contributed by atoms with Crippen LogP contribution < -0.4 is 0 Å². The number of unbranched alkanes of at least 4 members (excludes halogenated alkanes) is 2. The zero-order valence-electron chi connectivity index (χ0n) is 11.6. The predicted octanol–water partition coefficient (Wildman–Crippen LogP) is 2.51. The van der Waals surface area contributed by atoms with Gasteiger partial charge in [-0.2, -0.15) is 0 Å². The molecule has 0 radical (unpaired) electrons. The van der Waals surface area contributed by atoms with Crippen molar-refractivity contribution < 1.29 is 14.3 Å². The Bertz CT molecular complexity index is 272. The van der Waals surface area contributed by atoms with Crippen molar-refractivity contribution in [3.63, 3.8) is 0 Å². The molecule has 1 fully saturated rings. The van der Waals surface area contributed by atoms with E-state index in [1.54, 1.807) is 4.90 Å². The van der Waals surface area contributed by atoms with Crippen LogP contribution in [-0.4, -0.2) is 36.5 Å². The molecule has 104 valence electrons. The molecule has 0 heterocycles. The van der Waals surface area contributed by atoms with Crippen molar-refractivity contribution in [2.24, 2.45) is 0 Å². The van der Waals surface area contributed by atoms with Crippen LogP contribution in [0.15, 0.2) is 0 Å². The number of rotatable bonds is 7. The third-order valence-electron chi connectivity index (χ3n) is 3.61. The molecule has 0 saturated heterocycles. The van der Waals surface area contributed by atoms with Gasteiger partial charge in [0.05, 0.1) is 7.11 Å². The van der Waals surface area contributed by atoms with Crippen molar-refractivity contribution in [3.8, 4) is 0 Å². The maximum absolute atomic E-state index is 12.2. The summed E-state index contributed by atoms with van der Waals surface area (Å²) in [5, 5.41) is 0. The van der Waals surface area contributed by atoms with Gasteiger partial charge in [-0.3, -0.25) is 9.59 Å². The topological polar surface area (TPSA) is 46.6 Å². The summed E-state index contributed by atoms with van der Waals surface area (Å²) in [7, 11) is 1.37. The molecule has 4 nitrogen and oxygen atoms in total. The number of nitrogens with zero attached hydrogens (tertiary/aromatic N) is 1. The Balaban J connectivity index is 2.52. The summed E-state index contributed by atoms with van der Waals surface area (Å²) >= 11 is 0. The summed E-state index contributed by atoms with van der Waals surface area (Å²) in [6.07, 6.45) is 8.01. The van der Waals surface area contributed by atoms with Crippen molar-refractivity contribution in [2.45, 2.75) is 64.3 Å². The number of esters is 1. The van der Waals surface area contributed by atoms with Crippen LogP contribution in [0.4, 0.5) is 0 Å². The fraction of sp³-hybridized carbons (Fsp3) is 0.857. The van der Waals surface area contributed by atoms with Crippen molar-refractivity contribution in [3.05, 3.63) is 0 Å². The highest BCUT2D eigenvalue weighted by Gasteiger charge is 2.28. The van der Waals surface area contributed by atoms with Crippen molar-refractivity contribution in [2.75, 3.05) is 13.7 Å². The average Bonchev–Trinajstić information content (AvgIpc) is 2.89. The molecule has 18 heavy (non-hydrogen) atoms. The van der Waals surface area contributed by atoms with Crippen LogP contribution in [0.3, 0.4) is 0 Å². The molecule has 0 aromatic rings. The molecule has 0 aromatic heterocycles. The van der Waals surface area contributed by atoms with Crippen molar-refractivity contribution in [1.29, 1.82) is 0 Å². The van der Waals surface area contributed by atoms with E-state index in [9.17, 15) is 9.59 Å². The average molecular weight is 255 g/mol. The van der Waals surface area contributed by atoms with Gasteiger partial charge in [0.25, 0.3) is 0 Å². The van der Waals surface area contributed by atoms with E-state index in [0.717, 1.165) is 44.9 Å². The summed E-state index contributed by atoms with van der Waals surface area (Å²) in [6, 6.07) is 0.248. The third kappa shape index (κ3) is 4.67. The lowest BCUT2D eigenvalue weighted by Gasteiger charge is -2.28. The molecule has 0 N–H and O–H groups in total. The molecule has 1 rings (SSSR count). The van der Waals surface area contributed by atoms with Crippen LogP contribution in [0, 0.1) is 0 Å². The highest BCUT2D eigenvalue weighted by atomic mass is 16.5. The van der Waals surface area contributed by atoms with Gasteiger partial charge in [-0.05, 0) is 19.3 Å². The van der Waals surface area contributed by atoms with Gasteiger partial charge in [0, 0.05) is 12.5 Å². The highest BCUT2D eigenvalue weighted by molar-refractivity contribution is 5.82. The Morgan fingerprint density at radius 1 is 1.22 bits per heavy atom. The van der Waals surface area contributed by atoms with Crippen LogP contribution >= 0.6 is 0 Å². The Morgan fingerprint density at radius 3 is 2.44 bits per heavy atom. The van der Waals surface area contributed by atoms with E-state index in [1.165, 1.54) is 7.11 Å². The van der Waals surface area contributed by atoms with E-state index in [1.807, 2.05) is 0 Å². The van der Waals surface area contributed by atoms with E-state index in [0.29, 0.717) is 6.42 Å². The molecule has 1 saturated carbocycles. The molecular weight excluding hydrogens is 230 g/mol. The maximum Gasteiger partial charge on any atom is 0.325 e. The van der Waals surface area contributed by atoms with E-state index < -0.39 is 0 Å². The first-order valence-electron chi connectivity index (χ1n) is 7.05. The normalized spacial score (nSPS) is 15.7. The Hall–Kier alpha value is -1.06. The minimum absolute atomic E-state index is 0.112. The van der Waals surface area contributed by atoms with E-state index in [4.69, 9.17) is 0 Å². The lowest BCUT2D eigenvalue weighted by molar-refractivity contribution is -0.148. The number of ether oxygens (including phenoxy) is 1. The van der Waals surface area contributed by atoms with Gasteiger partial charge in [-0.1, -0.05) is 32.6 Å². The first-order valence-corrected chi connectivity index (χ1v) is 7.05. The van der Waals surface area contributed by atoms with E-state index >= 15 is 0 Å². The minimum Gasteiger partial charge on any atom is -0.468 e. The lowest BCUT2D eigenvalue weighted by atomic mass is 10.1. The molecule has 0 unspecified atom stereocenters. The monoisotopic (exact) mass is 255 g/mol. The van der Waals surface area contributed by atoms with E-state index in [-0.39, 0.29) is 24.5 Å². The summed E-state index contributed by atoms with van der Waals surface area (Å²) in [5.74, 6) is -0.202. The number of amides is 1. The van der Waals surface area contributed by atoms with Gasteiger partial charge in [0.2, 0.25) is 5.91 Å². The zero-order chi connectivity index (χ0) is 13.4. The second kappa shape index (κ2) is 8.11. The Kier molecular flexibility index (Phi) is 6.76. The zero-order valence-corrected chi connectivity index (χ0v) is 11.6. The Labute approximate surface area is 110 Å². The molecule has 0 bridgehead atoms. The van der Waals surface area contributed by atoms with Gasteiger partial charge < -0.3 is 9.64 Å². The number of carbonyl (C=O) groups is 2. The SMILES string of the molecule is CCCCCC(=O)N(CC(=O)OC)C1CCCC1. The number of hydrogen-bond acceptors (Lipinski definition) is 3. The molecule has 0 spiro atoms. The minimum atomic E-state index is -0.314. The predicted molar refractivity (Wildman–Crippen MR) is 70.1 cm³/mol. The number of carbonyl (C=O) groups excluding carboxylic acids is 2. The van der Waals surface area contributed by atoms with Crippen LogP contribution in [0.25, 0.3) is 0 Å². The van der Waals surface area contributed by atoms with Crippen molar-refractivity contribution >= 4 is 11.9 Å². The van der Waals surface area contributed by atoms with Gasteiger partial charge >= 0.3 is 5.97 Å². The Morgan fingerprint density at radius 2 is 1.89 bits per heavy atom. The number of hydrogen-bond donors (Lipinski definition) is 0. The van der Waals surface area contributed by atoms with Crippen LogP contribution in [0.2, 0.25) is 0 Å². The van der Waals surface area contributed by atoms with Gasteiger partial charge in [0.1, 0.15) is 6.54 Å². The summed E-state index contributed by atoms with van der Waals surface area (Å²) in [5.41, 5.74) is 0. The molecular formula is C14H25NO3. The summed E-state index contributed by atoms with van der Waals surface area (Å²) in [6.45, 7) is 2.24. The van der Waals surface area contributed by atoms with Gasteiger partial charge in [0.15, 0.2) is 0 Å². The molecule has 1 aliphatic rings. The van der Waals surface area contributed by atoms with Crippen LogP contribution in [0.5, 0.6) is 0 Å². The van der Waals surface area contributed by atoms with Crippen LogP contribution in [-0.2, 0) is 14.3 Å². The fourth-order valence-electron chi connectivity index (χ4n) is 2.51. The maximum atomic E-state index is 12.2. The molecule has 0 aliphatic heterocycles. The first-order chi connectivity index (χ1) is 8.69. The number of methoxy groups -OCH3 is 1. The third-order valence-corrected chi connectivity index (χ3v) is 3.61. The standard InChI is InChI=1S/C14H25NO3/c1-3-4-5-10-13(16)15(11-14(17)18-2)12-8-6-7-9-12/h12H,3-11H2,1-2H3. The van der Waals surface area contributed by atoms with Gasteiger partial charge in [-0.15, -0.1) is 0 Å². The van der Waals surface area contributed by atoms with Crippen LogP contribution in [0.1, 0.15) is 58.3 Å². The molecule has 4 heteroatoms. The highest BCUT2D eigenvalue weighted by Crippen LogP contribution is 2.24. The molecule has 1 aliphatic carbocycles. The smallest absolute Gasteiger partial charge is 0.325 e. The second-order valence-corrected chi connectivity index (χ2v) is 4.99. The first kappa shape index (κ1) is 15.0. The quantitative estimate of drug-likeness (QED) is 0.518. The molecule has 1 amide bonds. The lowest BCUT2D eigenvalue weighted by Crippen LogP contribution is -2.42. The molecule has 0 atom stereocenters. The van der Waals surface area contributed by atoms with E-state index in [2.05, 4.69) is 11.7 Å². The van der Waals surface area contributed by atoms with Gasteiger partial charge in [-0.25, -0.2) is 0 Å². The molecule has 0 aromatic carbocycles. The fourth-order valence-corrected chi connectivity index (χ4v) is 2.51. The van der Waals surface area contributed by atoms with Crippen molar-refractivity contribution in [1.82, 2.24) is 4.90 Å². The second-order valence-electron chi connectivity index (χ2n) is 4.99. The summed E-state index contributed by atoms with van der Waals surface area (Å²) < 4.78 is 4.68. The largest absolute Gasteiger partial charge is 0.468 e. The summed E-state index contributed by atoms with van der Waals surface area (Å²) in [4.78, 5) is 25.3.